The molecule has 1 aliphatic heterocycles. The van der Waals surface area contributed by atoms with Crippen LogP contribution in [0.5, 0.6) is 0 Å². The van der Waals surface area contributed by atoms with Crippen LogP contribution < -0.4 is 10.6 Å². The molecular weight excluding hydrogens is 234 g/mol. The van der Waals surface area contributed by atoms with Gasteiger partial charge in [0.25, 0.3) is 0 Å². The average Bonchev–Trinajstić information content (AvgIpc) is 2.60. The molecule has 0 amide bonds. The number of hydrogen-bond donors (Lipinski definition) is 1. The van der Waals surface area contributed by atoms with Crippen molar-refractivity contribution in [3.63, 3.8) is 0 Å². The highest BCUT2D eigenvalue weighted by Crippen LogP contribution is 2.30. The van der Waals surface area contributed by atoms with Crippen molar-refractivity contribution in [3.8, 4) is 0 Å². The lowest BCUT2D eigenvalue weighted by Gasteiger charge is -2.33. The topological polar surface area (TPSA) is 32.5 Å². The van der Waals surface area contributed by atoms with Gasteiger partial charge in [0.1, 0.15) is 0 Å². The molecule has 1 aliphatic rings. The van der Waals surface area contributed by atoms with Crippen molar-refractivity contribution in [2.24, 2.45) is 5.73 Å². The molecule has 3 heteroatoms. The molecule has 0 saturated carbocycles. The van der Waals surface area contributed by atoms with E-state index >= 15 is 0 Å². The molecular formula is C16H27N3. The number of likely N-dealkylation sites (N-methyl/N-ethyl adjacent to an activating group) is 1. The lowest BCUT2D eigenvalue weighted by molar-refractivity contribution is 0.195. The Hall–Kier alpha value is -1.06. The zero-order valence-electron chi connectivity index (χ0n) is 12.5. The van der Waals surface area contributed by atoms with Crippen LogP contribution in [-0.4, -0.2) is 38.1 Å². The van der Waals surface area contributed by atoms with Crippen LogP contribution in [0.25, 0.3) is 0 Å². The van der Waals surface area contributed by atoms with E-state index in [2.05, 4.69) is 55.1 Å². The number of nitrogens with two attached hydrogens (primary N) is 1. The van der Waals surface area contributed by atoms with Gasteiger partial charge in [0, 0.05) is 31.9 Å². The Morgan fingerprint density at radius 1 is 1.21 bits per heavy atom. The van der Waals surface area contributed by atoms with Gasteiger partial charge in [0.2, 0.25) is 0 Å². The smallest absolute Gasteiger partial charge is 0.0499 e. The third-order valence-electron chi connectivity index (χ3n) is 4.19. The summed E-state index contributed by atoms with van der Waals surface area (Å²) in [6, 6.07) is 9.51. The van der Waals surface area contributed by atoms with Gasteiger partial charge >= 0.3 is 0 Å². The Bertz CT molecular complexity index is 385. The van der Waals surface area contributed by atoms with Gasteiger partial charge in [-0.2, -0.15) is 0 Å². The second kappa shape index (κ2) is 6.40. The highest BCUT2D eigenvalue weighted by Gasteiger charge is 2.27. The quantitative estimate of drug-likeness (QED) is 0.908. The molecule has 2 N–H and O–H groups in total. The van der Waals surface area contributed by atoms with Gasteiger partial charge in [0.05, 0.1) is 0 Å². The van der Waals surface area contributed by atoms with Gasteiger partial charge in [-0.25, -0.2) is 0 Å². The van der Waals surface area contributed by atoms with Crippen molar-refractivity contribution in [2.75, 3.05) is 32.1 Å². The Morgan fingerprint density at radius 3 is 2.47 bits per heavy atom. The first-order valence-corrected chi connectivity index (χ1v) is 7.40. The molecule has 0 spiro atoms. The molecule has 1 fully saturated rings. The van der Waals surface area contributed by atoms with Gasteiger partial charge in [-0.15, -0.1) is 0 Å². The Morgan fingerprint density at radius 2 is 1.89 bits per heavy atom. The predicted molar refractivity (Wildman–Crippen MR) is 82.6 cm³/mol. The summed E-state index contributed by atoms with van der Waals surface area (Å²) in [5.74, 6) is 0. The van der Waals surface area contributed by atoms with Gasteiger partial charge in [-0.3, -0.25) is 4.90 Å². The molecule has 2 rings (SSSR count). The maximum atomic E-state index is 6.42. The predicted octanol–water partition coefficient (Wildman–Crippen LogP) is 2.63. The number of nitrogens with zero attached hydrogens (tertiary/aromatic N) is 2. The number of benzene rings is 1. The standard InChI is InChI=1S/C16H27N3/c1-4-19-12-6-5-7-15(17)16(19)13-8-10-14(11-9-13)18(2)3/h8-11,15-16H,4-7,12,17H2,1-3H3. The first-order valence-electron chi connectivity index (χ1n) is 7.40. The summed E-state index contributed by atoms with van der Waals surface area (Å²) in [4.78, 5) is 4.66. The van der Waals surface area contributed by atoms with Crippen LogP contribution in [0.3, 0.4) is 0 Å². The van der Waals surface area contributed by atoms with E-state index in [1.807, 2.05) is 0 Å². The average molecular weight is 261 g/mol. The third-order valence-corrected chi connectivity index (χ3v) is 4.19. The van der Waals surface area contributed by atoms with E-state index in [4.69, 9.17) is 5.73 Å². The van der Waals surface area contributed by atoms with Gasteiger partial charge < -0.3 is 10.6 Å². The van der Waals surface area contributed by atoms with E-state index < -0.39 is 0 Å². The second-order valence-corrected chi connectivity index (χ2v) is 5.72. The van der Waals surface area contributed by atoms with Crippen LogP contribution in [-0.2, 0) is 0 Å². The summed E-state index contributed by atoms with van der Waals surface area (Å²) < 4.78 is 0. The Balaban J connectivity index is 2.24. The number of hydrogen-bond acceptors (Lipinski definition) is 3. The summed E-state index contributed by atoms with van der Waals surface area (Å²) in [7, 11) is 4.15. The number of likely N-dealkylation sites (tertiary alicyclic amines) is 1. The molecule has 0 aromatic heterocycles. The molecule has 0 bridgehead atoms. The van der Waals surface area contributed by atoms with Crippen LogP contribution >= 0.6 is 0 Å². The lowest BCUT2D eigenvalue weighted by Crippen LogP contribution is -2.39. The molecule has 3 nitrogen and oxygen atoms in total. The maximum absolute atomic E-state index is 6.42. The normalized spacial score (nSPS) is 25.1. The fourth-order valence-electron chi connectivity index (χ4n) is 3.05. The monoisotopic (exact) mass is 261 g/mol. The largest absolute Gasteiger partial charge is 0.378 e. The number of anilines is 1. The summed E-state index contributed by atoms with van der Waals surface area (Å²) in [5, 5.41) is 0. The Labute approximate surface area is 117 Å². The zero-order valence-corrected chi connectivity index (χ0v) is 12.5. The van der Waals surface area contributed by atoms with Crippen molar-refractivity contribution in [2.45, 2.75) is 38.3 Å². The first-order chi connectivity index (χ1) is 9.13. The first kappa shape index (κ1) is 14.4. The molecule has 1 aromatic rings. The summed E-state index contributed by atoms with van der Waals surface area (Å²) >= 11 is 0. The van der Waals surface area contributed by atoms with E-state index in [0.29, 0.717) is 6.04 Å². The van der Waals surface area contributed by atoms with Crippen molar-refractivity contribution in [1.82, 2.24) is 4.90 Å². The molecule has 1 heterocycles. The van der Waals surface area contributed by atoms with Crippen molar-refractivity contribution >= 4 is 5.69 Å². The molecule has 0 aliphatic carbocycles. The SMILES string of the molecule is CCN1CCCCC(N)C1c1ccc(N(C)C)cc1. The number of rotatable bonds is 3. The van der Waals surface area contributed by atoms with Crippen LogP contribution in [0.2, 0.25) is 0 Å². The molecule has 2 atom stereocenters. The molecule has 0 radical (unpaired) electrons. The van der Waals surface area contributed by atoms with Crippen LogP contribution in [0.15, 0.2) is 24.3 Å². The fraction of sp³-hybridized carbons (Fsp3) is 0.625. The Kier molecular flexibility index (Phi) is 4.83. The van der Waals surface area contributed by atoms with Gasteiger partial charge in [-0.1, -0.05) is 25.5 Å². The minimum atomic E-state index is 0.257. The minimum absolute atomic E-state index is 0.257. The lowest BCUT2D eigenvalue weighted by atomic mass is 9.96. The van der Waals surface area contributed by atoms with E-state index in [1.54, 1.807) is 0 Å². The van der Waals surface area contributed by atoms with Gasteiger partial charge in [-0.05, 0) is 43.6 Å². The van der Waals surface area contributed by atoms with E-state index in [1.165, 1.54) is 30.6 Å². The van der Waals surface area contributed by atoms with Crippen LogP contribution in [0.4, 0.5) is 5.69 Å². The molecule has 19 heavy (non-hydrogen) atoms. The summed E-state index contributed by atoms with van der Waals surface area (Å²) in [6.07, 6.45) is 3.66. The highest BCUT2D eigenvalue weighted by molar-refractivity contribution is 5.46. The van der Waals surface area contributed by atoms with E-state index in [9.17, 15) is 0 Å². The zero-order chi connectivity index (χ0) is 13.8. The molecule has 1 aromatic carbocycles. The highest BCUT2D eigenvalue weighted by atomic mass is 15.2. The van der Waals surface area contributed by atoms with Crippen molar-refractivity contribution in [3.05, 3.63) is 29.8 Å². The van der Waals surface area contributed by atoms with E-state index in [-0.39, 0.29) is 6.04 Å². The van der Waals surface area contributed by atoms with E-state index in [0.717, 1.165) is 13.0 Å². The summed E-state index contributed by atoms with van der Waals surface area (Å²) in [5.41, 5.74) is 9.03. The summed E-state index contributed by atoms with van der Waals surface area (Å²) in [6.45, 7) is 4.48. The van der Waals surface area contributed by atoms with Crippen LogP contribution in [0, 0.1) is 0 Å². The second-order valence-electron chi connectivity index (χ2n) is 5.72. The van der Waals surface area contributed by atoms with Crippen molar-refractivity contribution < 1.29 is 0 Å². The van der Waals surface area contributed by atoms with Crippen LogP contribution in [0.1, 0.15) is 37.8 Å². The van der Waals surface area contributed by atoms with Crippen molar-refractivity contribution in [1.29, 1.82) is 0 Å². The molecule has 1 saturated heterocycles. The molecule has 106 valence electrons. The third kappa shape index (κ3) is 3.28. The molecule has 2 unspecified atom stereocenters. The van der Waals surface area contributed by atoms with Gasteiger partial charge in [0.15, 0.2) is 0 Å². The fourth-order valence-corrected chi connectivity index (χ4v) is 3.05. The maximum Gasteiger partial charge on any atom is 0.0499 e. The minimum Gasteiger partial charge on any atom is -0.378 e.